The highest BCUT2D eigenvalue weighted by atomic mass is 19.4. The van der Waals surface area contributed by atoms with E-state index in [0.717, 1.165) is 5.56 Å². The quantitative estimate of drug-likeness (QED) is 0.782. The monoisotopic (exact) mass is 239 g/mol. The largest absolute Gasteiger partial charge is 0.406 e. The smallest absolute Gasteiger partial charge is 0.293 e. The Morgan fingerprint density at radius 1 is 1.18 bits per heavy atom. The Balaban J connectivity index is 1.87. The highest BCUT2D eigenvalue weighted by molar-refractivity contribution is 5.34. The van der Waals surface area contributed by atoms with Crippen molar-refractivity contribution in [3.05, 3.63) is 35.9 Å². The summed E-state index contributed by atoms with van der Waals surface area (Å²) in [5, 5.41) is 2.48. The summed E-state index contributed by atoms with van der Waals surface area (Å²) < 4.78 is 37.6. The first-order chi connectivity index (χ1) is 8.04. The minimum absolute atomic E-state index is 0.0639. The van der Waals surface area contributed by atoms with Gasteiger partial charge in [0.15, 0.2) is 0 Å². The third kappa shape index (κ3) is 2.80. The van der Waals surface area contributed by atoms with Crippen LogP contribution in [0.25, 0.3) is 0 Å². The van der Waals surface area contributed by atoms with Crippen molar-refractivity contribution in [3.8, 4) is 11.8 Å². The van der Waals surface area contributed by atoms with Crippen molar-refractivity contribution in [1.29, 1.82) is 0 Å². The number of nitrogens with one attached hydrogen (secondary N) is 1. The minimum Gasteiger partial charge on any atom is -0.293 e. The predicted octanol–water partition coefficient (Wildman–Crippen LogP) is 2.72. The van der Waals surface area contributed by atoms with Gasteiger partial charge in [-0.2, -0.15) is 13.2 Å². The van der Waals surface area contributed by atoms with Crippen LogP contribution in [0.1, 0.15) is 18.4 Å². The molecule has 0 saturated heterocycles. The minimum atomic E-state index is -4.17. The van der Waals surface area contributed by atoms with Gasteiger partial charge in [-0.1, -0.05) is 30.0 Å². The SMILES string of the molecule is FC(F)(F)C1(NCC#Cc2ccccc2)CC1. The maximum atomic E-state index is 12.5. The molecule has 4 heteroatoms. The van der Waals surface area contributed by atoms with Crippen LogP contribution < -0.4 is 5.32 Å². The van der Waals surface area contributed by atoms with E-state index in [1.54, 1.807) is 0 Å². The summed E-state index contributed by atoms with van der Waals surface area (Å²) in [5.74, 6) is 5.53. The average Bonchev–Trinajstić information content (AvgIpc) is 3.06. The summed E-state index contributed by atoms with van der Waals surface area (Å²) in [5.41, 5.74) is -0.857. The van der Waals surface area contributed by atoms with E-state index in [2.05, 4.69) is 17.2 Å². The van der Waals surface area contributed by atoms with Crippen molar-refractivity contribution in [2.75, 3.05) is 6.54 Å². The topological polar surface area (TPSA) is 12.0 Å². The second-order valence-corrected chi connectivity index (χ2v) is 4.10. The van der Waals surface area contributed by atoms with Crippen LogP contribution in [0.15, 0.2) is 30.3 Å². The fourth-order valence-corrected chi connectivity index (χ4v) is 1.57. The van der Waals surface area contributed by atoms with E-state index >= 15 is 0 Å². The Hall–Kier alpha value is -1.47. The Kier molecular flexibility index (Phi) is 3.12. The molecule has 90 valence electrons. The Morgan fingerprint density at radius 3 is 2.35 bits per heavy atom. The summed E-state index contributed by atoms with van der Waals surface area (Å²) in [6, 6.07) is 9.20. The van der Waals surface area contributed by atoms with Crippen LogP contribution in [0.4, 0.5) is 13.2 Å². The molecule has 0 unspecified atom stereocenters. The Morgan fingerprint density at radius 2 is 1.82 bits per heavy atom. The summed E-state index contributed by atoms with van der Waals surface area (Å²) in [7, 11) is 0. The first kappa shape index (κ1) is 12.0. The van der Waals surface area contributed by atoms with Crippen molar-refractivity contribution in [2.45, 2.75) is 24.6 Å². The third-order valence-electron chi connectivity index (χ3n) is 2.81. The van der Waals surface area contributed by atoms with Crippen molar-refractivity contribution < 1.29 is 13.2 Å². The van der Waals surface area contributed by atoms with Gasteiger partial charge in [-0.25, -0.2) is 0 Å². The number of hydrogen-bond donors (Lipinski definition) is 1. The zero-order chi connectivity index (χ0) is 12.4. The first-order valence-corrected chi connectivity index (χ1v) is 5.39. The lowest BCUT2D eigenvalue weighted by Crippen LogP contribution is -2.44. The zero-order valence-electron chi connectivity index (χ0n) is 9.14. The third-order valence-corrected chi connectivity index (χ3v) is 2.81. The fraction of sp³-hybridized carbons (Fsp3) is 0.385. The van der Waals surface area contributed by atoms with E-state index < -0.39 is 11.7 Å². The molecule has 17 heavy (non-hydrogen) atoms. The van der Waals surface area contributed by atoms with Gasteiger partial charge in [0.25, 0.3) is 0 Å². The number of benzene rings is 1. The second-order valence-electron chi connectivity index (χ2n) is 4.10. The first-order valence-electron chi connectivity index (χ1n) is 5.39. The van der Waals surface area contributed by atoms with Gasteiger partial charge < -0.3 is 0 Å². The van der Waals surface area contributed by atoms with Crippen molar-refractivity contribution >= 4 is 0 Å². The molecule has 0 aliphatic heterocycles. The molecule has 1 aromatic rings. The van der Waals surface area contributed by atoms with Crippen LogP contribution in [-0.2, 0) is 0 Å². The van der Waals surface area contributed by atoms with Gasteiger partial charge in [-0.3, -0.25) is 5.32 Å². The van der Waals surface area contributed by atoms with E-state index in [1.807, 2.05) is 30.3 Å². The van der Waals surface area contributed by atoms with Gasteiger partial charge in [0.1, 0.15) is 5.54 Å². The second kappa shape index (κ2) is 4.42. The predicted molar refractivity (Wildman–Crippen MR) is 59.3 cm³/mol. The molecule has 0 amide bonds. The molecule has 1 saturated carbocycles. The van der Waals surface area contributed by atoms with Crippen LogP contribution >= 0.6 is 0 Å². The van der Waals surface area contributed by atoms with Gasteiger partial charge in [-0.15, -0.1) is 0 Å². The maximum Gasteiger partial charge on any atom is 0.406 e. The van der Waals surface area contributed by atoms with Gasteiger partial charge in [-0.05, 0) is 25.0 Å². The van der Waals surface area contributed by atoms with Crippen molar-refractivity contribution in [3.63, 3.8) is 0 Å². The summed E-state index contributed by atoms with van der Waals surface area (Å²) >= 11 is 0. The molecule has 0 radical (unpaired) electrons. The Bertz CT molecular complexity index is 435. The molecule has 1 nitrogen and oxygen atoms in total. The van der Waals surface area contributed by atoms with Crippen LogP contribution in [0.3, 0.4) is 0 Å². The molecule has 0 atom stereocenters. The highest BCUT2D eigenvalue weighted by Crippen LogP contribution is 2.48. The Labute approximate surface area is 98.0 Å². The molecule has 1 aliphatic rings. The normalized spacial score (nSPS) is 17.1. The van der Waals surface area contributed by atoms with Crippen LogP contribution in [0.5, 0.6) is 0 Å². The van der Waals surface area contributed by atoms with Crippen molar-refractivity contribution in [1.82, 2.24) is 5.32 Å². The summed E-state index contributed by atoms with van der Waals surface area (Å²) in [4.78, 5) is 0. The number of rotatable bonds is 2. The maximum absolute atomic E-state index is 12.5. The van der Waals surface area contributed by atoms with Crippen LogP contribution in [-0.4, -0.2) is 18.3 Å². The fourth-order valence-electron chi connectivity index (χ4n) is 1.57. The number of hydrogen-bond acceptors (Lipinski definition) is 1. The van der Waals surface area contributed by atoms with E-state index in [9.17, 15) is 13.2 Å². The molecule has 0 heterocycles. The lowest BCUT2D eigenvalue weighted by molar-refractivity contribution is -0.165. The molecule has 0 aromatic heterocycles. The van der Waals surface area contributed by atoms with Crippen LogP contribution in [0.2, 0.25) is 0 Å². The van der Waals surface area contributed by atoms with E-state index in [0.29, 0.717) is 0 Å². The highest BCUT2D eigenvalue weighted by Gasteiger charge is 2.62. The molecule has 2 rings (SSSR count). The van der Waals surface area contributed by atoms with Gasteiger partial charge >= 0.3 is 6.18 Å². The molecule has 0 spiro atoms. The van der Waals surface area contributed by atoms with Crippen LogP contribution in [0, 0.1) is 11.8 Å². The average molecular weight is 239 g/mol. The van der Waals surface area contributed by atoms with E-state index in [-0.39, 0.29) is 19.4 Å². The zero-order valence-corrected chi connectivity index (χ0v) is 9.14. The van der Waals surface area contributed by atoms with Gasteiger partial charge in [0.05, 0.1) is 6.54 Å². The van der Waals surface area contributed by atoms with Gasteiger partial charge in [0.2, 0.25) is 0 Å². The van der Waals surface area contributed by atoms with Gasteiger partial charge in [0, 0.05) is 5.56 Å². The number of alkyl halides is 3. The molecular weight excluding hydrogens is 227 g/mol. The molecule has 1 fully saturated rings. The lowest BCUT2D eigenvalue weighted by atomic mass is 10.2. The molecule has 1 aliphatic carbocycles. The molecule has 1 aromatic carbocycles. The molecule has 1 N–H and O–H groups in total. The van der Waals surface area contributed by atoms with E-state index in [4.69, 9.17) is 0 Å². The standard InChI is InChI=1S/C13H12F3N/c14-13(15,16)12(8-9-12)17-10-4-7-11-5-2-1-3-6-11/h1-3,5-6,17H,8-10H2. The molecular formula is C13H12F3N. The van der Waals surface area contributed by atoms with Crippen molar-refractivity contribution in [2.24, 2.45) is 0 Å². The number of halogens is 3. The molecule has 0 bridgehead atoms. The van der Waals surface area contributed by atoms with E-state index in [1.165, 1.54) is 0 Å². The summed E-state index contributed by atoms with van der Waals surface area (Å²) in [6.45, 7) is 0.0639. The lowest BCUT2D eigenvalue weighted by Gasteiger charge is -2.18. The summed E-state index contributed by atoms with van der Waals surface area (Å²) in [6.07, 6.45) is -3.85.